The second-order valence-electron chi connectivity index (χ2n) is 5.19. The highest BCUT2D eigenvalue weighted by molar-refractivity contribution is 14.1. The fourth-order valence-corrected chi connectivity index (χ4v) is 2.67. The van der Waals surface area contributed by atoms with E-state index >= 15 is 0 Å². The van der Waals surface area contributed by atoms with Crippen LogP contribution >= 0.6 is 22.6 Å². The van der Waals surface area contributed by atoms with Crippen LogP contribution in [0.2, 0.25) is 0 Å². The molecule has 0 bridgehead atoms. The Bertz CT molecular complexity index is 726. The minimum atomic E-state index is -0.599. The molecule has 0 radical (unpaired) electrons. The standard InChI is InChI=1S/C17H15BINO4/c19-17-7-6-16(24-15-4-2-13(11-20)3-5-15)10-14(17)12-23-18-21-8-1-9-22-18/h2-7,10H,1,8-9,12H2. The molecule has 1 aliphatic rings. The van der Waals surface area contributed by atoms with Crippen LogP contribution < -0.4 is 4.74 Å². The molecule has 1 fully saturated rings. The zero-order valence-corrected chi connectivity index (χ0v) is 15.1. The highest BCUT2D eigenvalue weighted by Crippen LogP contribution is 2.26. The van der Waals surface area contributed by atoms with Gasteiger partial charge in [0, 0.05) is 16.8 Å². The molecular weight excluding hydrogens is 420 g/mol. The van der Waals surface area contributed by atoms with E-state index in [1.807, 2.05) is 18.2 Å². The molecule has 0 saturated carbocycles. The van der Waals surface area contributed by atoms with E-state index in [0.717, 1.165) is 15.6 Å². The molecule has 0 amide bonds. The first kappa shape index (κ1) is 17.2. The zero-order chi connectivity index (χ0) is 16.8. The van der Waals surface area contributed by atoms with Crippen molar-refractivity contribution in [2.24, 2.45) is 0 Å². The van der Waals surface area contributed by atoms with Crippen molar-refractivity contribution in [1.29, 1.82) is 5.26 Å². The monoisotopic (exact) mass is 435 g/mol. The second-order valence-corrected chi connectivity index (χ2v) is 6.35. The minimum absolute atomic E-state index is 0.382. The summed E-state index contributed by atoms with van der Waals surface area (Å²) in [7, 11) is -0.599. The molecule has 0 aromatic heterocycles. The quantitative estimate of drug-likeness (QED) is 0.527. The van der Waals surface area contributed by atoms with Gasteiger partial charge in [-0.05, 0) is 77.0 Å². The van der Waals surface area contributed by atoms with E-state index in [9.17, 15) is 0 Å². The van der Waals surface area contributed by atoms with Gasteiger partial charge < -0.3 is 18.7 Å². The molecule has 2 aromatic rings. The summed E-state index contributed by atoms with van der Waals surface area (Å²) in [5.74, 6) is 1.39. The van der Waals surface area contributed by atoms with Crippen LogP contribution in [-0.4, -0.2) is 20.5 Å². The molecule has 0 spiro atoms. The molecule has 2 aromatic carbocycles. The number of hydrogen-bond donors (Lipinski definition) is 0. The summed E-state index contributed by atoms with van der Waals surface area (Å²) in [6.45, 7) is 1.70. The molecule has 122 valence electrons. The van der Waals surface area contributed by atoms with E-state index in [2.05, 4.69) is 28.7 Å². The van der Waals surface area contributed by atoms with Crippen molar-refractivity contribution in [2.45, 2.75) is 13.0 Å². The maximum atomic E-state index is 8.83. The van der Waals surface area contributed by atoms with Gasteiger partial charge in [0.1, 0.15) is 11.5 Å². The molecule has 5 nitrogen and oxygen atoms in total. The van der Waals surface area contributed by atoms with Gasteiger partial charge in [-0.25, -0.2) is 0 Å². The fraction of sp³-hybridized carbons (Fsp3) is 0.235. The Morgan fingerprint density at radius 1 is 1.08 bits per heavy atom. The first-order chi connectivity index (χ1) is 11.7. The van der Waals surface area contributed by atoms with Crippen molar-refractivity contribution in [3.05, 3.63) is 57.2 Å². The predicted octanol–water partition coefficient (Wildman–Crippen LogP) is 3.89. The number of benzene rings is 2. The van der Waals surface area contributed by atoms with Crippen LogP contribution in [0.4, 0.5) is 0 Å². The summed E-state index contributed by atoms with van der Waals surface area (Å²) in [5.41, 5.74) is 1.60. The first-order valence-corrected chi connectivity index (χ1v) is 8.64. The van der Waals surface area contributed by atoms with Gasteiger partial charge in [-0.3, -0.25) is 0 Å². The lowest BCUT2D eigenvalue weighted by Gasteiger charge is -2.19. The van der Waals surface area contributed by atoms with Crippen LogP contribution in [0.15, 0.2) is 42.5 Å². The third-order valence-corrected chi connectivity index (χ3v) is 4.46. The van der Waals surface area contributed by atoms with Crippen LogP contribution in [-0.2, 0) is 20.6 Å². The lowest BCUT2D eigenvalue weighted by molar-refractivity contribution is 0.0486. The van der Waals surface area contributed by atoms with Crippen molar-refractivity contribution < 1.29 is 18.7 Å². The molecule has 0 unspecified atom stereocenters. The van der Waals surface area contributed by atoms with Crippen LogP contribution in [0.25, 0.3) is 0 Å². The van der Waals surface area contributed by atoms with Crippen molar-refractivity contribution >= 4 is 29.9 Å². The Morgan fingerprint density at radius 2 is 1.79 bits per heavy atom. The Hall–Kier alpha value is -1.60. The second kappa shape index (κ2) is 8.49. The zero-order valence-electron chi connectivity index (χ0n) is 12.9. The molecule has 7 heteroatoms. The summed E-state index contributed by atoms with van der Waals surface area (Å²) in [6, 6.07) is 14.9. The molecule has 0 aliphatic carbocycles. The highest BCUT2D eigenvalue weighted by atomic mass is 127. The third kappa shape index (κ3) is 4.71. The molecule has 0 N–H and O–H groups in total. The molecular formula is C17H15BINO4. The third-order valence-electron chi connectivity index (χ3n) is 3.41. The number of halogens is 1. The number of nitrogens with zero attached hydrogens (tertiary/aromatic N) is 1. The summed E-state index contributed by atoms with van der Waals surface area (Å²) in [6.07, 6.45) is 0.894. The van der Waals surface area contributed by atoms with Crippen LogP contribution in [0.3, 0.4) is 0 Å². The van der Waals surface area contributed by atoms with Gasteiger partial charge >= 0.3 is 7.32 Å². The first-order valence-electron chi connectivity index (χ1n) is 7.56. The lowest BCUT2D eigenvalue weighted by atomic mass is 10.1. The summed E-state index contributed by atoms with van der Waals surface area (Å²) < 4.78 is 23.3. The number of hydrogen-bond acceptors (Lipinski definition) is 5. The number of nitriles is 1. The van der Waals surface area contributed by atoms with Crippen molar-refractivity contribution in [1.82, 2.24) is 0 Å². The van der Waals surface area contributed by atoms with Crippen LogP contribution in [0.1, 0.15) is 17.5 Å². The Morgan fingerprint density at radius 3 is 2.50 bits per heavy atom. The number of rotatable bonds is 5. The molecule has 0 atom stereocenters. The van der Waals surface area contributed by atoms with E-state index in [-0.39, 0.29) is 0 Å². The van der Waals surface area contributed by atoms with Crippen molar-refractivity contribution in [3.8, 4) is 17.6 Å². The van der Waals surface area contributed by atoms with E-state index in [0.29, 0.717) is 36.9 Å². The SMILES string of the molecule is N#Cc1ccc(Oc2ccc(I)c(COB3OCCCO3)c2)cc1. The van der Waals surface area contributed by atoms with E-state index in [4.69, 9.17) is 24.0 Å². The maximum absolute atomic E-state index is 8.83. The van der Waals surface area contributed by atoms with Crippen LogP contribution in [0.5, 0.6) is 11.5 Å². The van der Waals surface area contributed by atoms with Crippen molar-refractivity contribution in [2.75, 3.05) is 13.2 Å². The molecule has 3 rings (SSSR count). The van der Waals surface area contributed by atoms with Gasteiger partial charge in [-0.2, -0.15) is 5.26 Å². The summed E-state index contributed by atoms with van der Waals surface area (Å²) >= 11 is 2.26. The number of ether oxygens (including phenoxy) is 1. The van der Waals surface area contributed by atoms with Gasteiger partial charge in [0.15, 0.2) is 0 Å². The van der Waals surface area contributed by atoms with Gasteiger partial charge in [-0.15, -0.1) is 0 Å². The van der Waals surface area contributed by atoms with Gasteiger partial charge in [0.05, 0.1) is 18.2 Å². The summed E-state index contributed by atoms with van der Waals surface area (Å²) in [5, 5.41) is 8.83. The Kier molecular flexibility index (Phi) is 6.09. The smallest absolute Gasteiger partial charge is 0.457 e. The van der Waals surface area contributed by atoms with Gasteiger partial charge in [-0.1, -0.05) is 0 Å². The lowest BCUT2D eigenvalue weighted by Crippen LogP contribution is -2.32. The van der Waals surface area contributed by atoms with Crippen LogP contribution in [0, 0.1) is 14.9 Å². The highest BCUT2D eigenvalue weighted by Gasteiger charge is 2.24. The maximum Gasteiger partial charge on any atom is 0.639 e. The topological polar surface area (TPSA) is 60.7 Å². The molecule has 1 heterocycles. The Balaban J connectivity index is 1.65. The molecule has 24 heavy (non-hydrogen) atoms. The van der Waals surface area contributed by atoms with E-state index in [1.165, 1.54) is 0 Å². The average molecular weight is 435 g/mol. The molecule has 1 aliphatic heterocycles. The minimum Gasteiger partial charge on any atom is -0.457 e. The van der Waals surface area contributed by atoms with Gasteiger partial charge in [0.2, 0.25) is 0 Å². The van der Waals surface area contributed by atoms with E-state index in [1.54, 1.807) is 24.3 Å². The predicted molar refractivity (Wildman–Crippen MR) is 97.5 cm³/mol. The Labute approximate surface area is 154 Å². The molecule has 1 saturated heterocycles. The normalized spacial score (nSPS) is 14.2. The average Bonchev–Trinajstić information content (AvgIpc) is 2.63. The van der Waals surface area contributed by atoms with Gasteiger partial charge in [0.25, 0.3) is 0 Å². The van der Waals surface area contributed by atoms with E-state index < -0.39 is 7.32 Å². The summed E-state index contributed by atoms with van der Waals surface area (Å²) in [4.78, 5) is 0. The fourth-order valence-electron chi connectivity index (χ4n) is 2.18. The van der Waals surface area contributed by atoms with Crippen molar-refractivity contribution in [3.63, 3.8) is 0 Å². The largest absolute Gasteiger partial charge is 0.639 e.